The van der Waals surface area contributed by atoms with Crippen molar-refractivity contribution in [1.82, 2.24) is 0 Å². The third kappa shape index (κ3) is 2.54. The maximum Gasteiger partial charge on any atom is 0.121 e. The van der Waals surface area contributed by atoms with E-state index in [2.05, 4.69) is 0 Å². The van der Waals surface area contributed by atoms with Crippen LogP contribution in [-0.4, -0.2) is 18.8 Å². The van der Waals surface area contributed by atoms with E-state index in [0.29, 0.717) is 0 Å². The summed E-state index contributed by atoms with van der Waals surface area (Å²) in [5, 5.41) is 9.29. The minimum atomic E-state index is -0.318. The predicted octanol–water partition coefficient (Wildman–Crippen LogP) is 2.02. The molecule has 1 rings (SSSR count). The Labute approximate surface area is 97.2 Å². The summed E-state index contributed by atoms with van der Waals surface area (Å²) in [4.78, 5) is 0. The van der Waals surface area contributed by atoms with Crippen LogP contribution in [0.4, 0.5) is 0 Å². The molecule has 0 radical (unpaired) electrons. The molecule has 3 N–H and O–H groups in total. The van der Waals surface area contributed by atoms with E-state index in [4.69, 9.17) is 10.5 Å². The SMILES string of the molecule is COc1ccc([C@@H](N)C(C)(C)CO)cc1C. The van der Waals surface area contributed by atoms with Crippen LogP contribution in [0.1, 0.15) is 31.0 Å². The monoisotopic (exact) mass is 223 g/mol. The molecule has 3 nitrogen and oxygen atoms in total. The Hall–Kier alpha value is -1.06. The molecule has 0 aliphatic heterocycles. The lowest BCUT2D eigenvalue weighted by molar-refractivity contribution is 0.132. The number of methoxy groups -OCH3 is 1. The second-order valence-electron chi connectivity index (χ2n) is 4.85. The molecule has 1 atom stereocenters. The van der Waals surface area contributed by atoms with E-state index in [1.807, 2.05) is 39.0 Å². The van der Waals surface area contributed by atoms with Gasteiger partial charge in [0, 0.05) is 18.1 Å². The molecule has 0 saturated carbocycles. The van der Waals surface area contributed by atoms with Gasteiger partial charge in [0.25, 0.3) is 0 Å². The van der Waals surface area contributed by atoms with Crippen LogP contribution in [0.3, 0.4) is 0 Å². The Morgan fingerprint density at radius 2 is 2.06 bits per heavy atom. The van der Waals surface area contributed by atoms with Gasteiger partial charge in [-0.1, -0.05) is 26.0 Å². The molecule has 0 heterocycles. The number of aliphatic hydroxyl groups is 1. The van der Waals surface area contributed by atoms with Gasteiger partial charge in [-0.3, -0.25) is 0 Å². The zero-order valence-electron chi connectivity index (χ0n) is 10.4. The summed E-state index contributed by atoms with van der Waals surface area (Å²) in [5.74, 6) is 0.859. The molecule has 0 aromatic heterocycles. The maximum absolute atomic E-state index is 9.29. The molecule has 0 unspecified atom stereocenters. The van der Waals surface area contributed by atoms with Gasteiger partial charge in [0.15, 0.2) is 0 Å². The summed E-state index contributed by atoms with van der Waals surface area (Å²) in [6.07, 6.45) is 0. The largest absolute Gasteiger partial charge is 0.496 e. The van der Waals surface area contributed by atoms with E-state index in [-0.39, 0.29) is 18.1 Å². The van der Waals surface area contributed by atoms with Gasteiger partial charge in [-0.2, -0.15) is 0 Å². The third-order valence-electron chi connectivity index (χ3n) is 3.03. The van der Waals surface area contributed by atoms with Crippen molar-refractivity contribution >= 4 is 0 Å². The molecular formula is C13H21NO2. The molecule has 1 aromatic carbocycles. The Morgan fingerprint density at radius 3 is 2.50 bits per heavy atom. The molecule has 0 aliphatic rings. The van der Waals surface area contributed by atoms with Gasteiger partial charge in [-0.25, -0.2) is 0 Å². The van der Waals surface area contributed by atoms with Crippen molar-refractivity contribution in [2.75, 3.05) is 13.7 Å². The van der Waals surface area contributed by atoms with Crippen molar-refractivity contribution < 1.29 is 9.84 Å². The second kappa shape index (κ2) is 4.85. The fraction of sp³-hybridized carbons (Fsp3) is 0.538. The van der Waals surface area contributed by atoms with Crippen LogP contribution in [0, 0.1) is 12.3 Å². The van der Waals surface area contributed by atoms with E-state index >= 15 is 0 Å². The second-order valence-corrected chi connectivity index (χ2v) is 4.85. The number of hydrogen-bond donors (Lipinski definition) is 2. The highest BCUT2D eigenvalue weighted by molar-refractivity contribution is 5.37. The molecule has 1 aromatic rings. The van der Waals surface area contributed by atoms with Crippen LogP contribution in [0.25, 0.3) is 0 Å². The van der Waals surface area contributed by atoms with Crippen LogP contribution >= 0.6 is 0 Å². The normalized spacial score (nSPS) is 13.6. The Kier molecular flexibility index (Phi) is 3.94. The van der Waals surface area contributed by atoms with Crippen molar-refractivity contribution in [3.8, 4) is 5.75 Å². The lowest BCUT2D eigenvalue weighted by Crippen LogP contribution is -2.32. The molecule has 0 fully saturated rings. The van der Waals surface area contributed by atoms with E-state index in [1.54, 1.807) is 7.11 Å². The fourth-order valence-corrected chi connectivity index (χ4v) is 1.64. The highest BCUT2D eigenvalue weighted by atomic mass is 16.5. The summed E-state index contributed by atoms with van der Waals surface area (Å²) >= 11 is 0. The van der Waals surface area contributed by atoms with Crippen LogP contribution in [-0.2, 0) is 0 Å². The number of aryl methyl sites for hydroxylation is 1. The first-order valence-corrected chi connectivity index (χ1v) is 5.43. The minimum absolute atomic E-state index is 0.0687. The Morgan fingerprint density at radius 1 is 1.44 bits per heavy atom. The molecule has 90 valence electrons. The number of ether oxygens (including phenoxy) is 1. The van der Waals surface area contributed by atoms with Crippen molar-refractivity contribution in [2.45, 2.75) is 26.8 Å². The molecule has 0 amide bonds. The summed E-state index contributed by atoms with van der Waals surface area (Å²) in [7, 11) is 1.65. The lowest BCUT2D eigenvalue weighted by Gasteiger charge is -2.30. The van der Waals surface area contributed by atoms with Gasteiger partial charge >= 0.3 is 0 Å². The quantitative estimate of drug-likeness (QED) is 0.821. The number of hydrogen-bond acceptors (Lipinski definition) is 3. The Bertz CT molecular complexity index is 361. The smallest absolute Gasteiger partial charge is 0.121 e. The van der Waals surface area contributed by atoms with Gasteiger partial charge in [0.2, 0.25) is 0 Å². The fourth-order valence-electron chi connectivity index (χ4n) is 1.64. The predicted molar refractivity (Wildman–Crippen MR) is 65.5 cm³/mol. The zero-order valence-corrected chi connectivity index (χ0v) is 10.4. The average molecular weight is 223 g/mol. The van der Waals surface area contributed by atoms with E-state index < -0.39 is 0 Å². The summed E-state index contributed by atoms with van der Waals surface area (Å²) in [6, 6.07) is 5.70. The van der Waals surface area contributed by atoms with E-state index in [0.717, 1.165) is 16.9 Å². The van der Waals surface area contributed by atoms with Crippen molar-refractivity contribution in [1.29, 1.82) is 0 Å². The highest BCUT2D eigenvalue weighted by Crippen LogP contribution is 2.32. The van der Waals surface area contributed by atoms with Crippen LogP contribution in [0.5, 0.6) is 5.75 Å². The molecule has 0 spiro atoms. The van der Waals surface area contributed by atoms with Gasteiger partial charge < -0.3 is 15.6 Å². The Balaban J connectivity index is 3.02. The first-order chi connectivity index (χ1) is 7.42. The van der Waals surface area contributed by atoms with Crippen molar-refractivity contribution in [3.05, 3.63) is 29.3 Å². The van der Waals surface area contributed by atoms with Crippen LogP contribution in [0.15, 0.2) is 18.2 Å². The maximum atomic E-state index is 9.29. The molecule has 0 bridgehead atoms. The highest BCUT2D eigenvalue weighted by Gasteiger charge is 2.27. The van der Waals surface area contributed by atoms with Gasteiger partial charge in [0.1, 0.15) is 5.75 Å². The number of rotatable bonds is 4. The van der Waals surface area contributed by atoms with Gasteiger partial charge in [0.05, 0.1) is 7.11 Å². The lowest BCUT2D eigenvalue weighted by atomic mass is 9.81. The molecule has 0 aliphatic carbocycles. The first kappa shape index (κ1) is 13.0. The van der Waals surface area contributed by atoms with Gasteiger partial charge in [-0.15, -0.1) is 0 Å². The molecule has 16 heavy (non-hydrogen) atoms. The topological polar surface area (TPSA) is 55.5 Å². The minimum Gasteiger partial charge on any atom is -0.496 e. The first-order valence-electron chi connectivity index (χ1n) is 5.43. The van der Waals surface area contributed by atoms with Crippen molar-refractivity contribution in [2.24, 2.45) is 11.1 Å². The number of nitrogens with two attached hydrogens (primary N) is 1. The summed E-state index contributed by atoms with van der Waals surface area (Å²) < 4.78 is 5.20. The molecule has 3 heteroatoms. The summed E-state index contributed by atoms with van der Waals surface area (Å²) in [5.41, 5.74) is 7.91. The van der Waals surface area contributed by atoms with Gasteiger partial charge in [-0.05, 0) is 24.1 Å². The third-order valence-corrected chi connectivity index (χ3v) is 3.03. The summed E-state index contributed by atoms with van der Waals surface area (Å²) in [6.45, 7) is 5.97. The standard InChI is InChI=1S/C13H21NO2/c1-9-7-10(5-6-11(9)16-4)12(14)13(2,3)8-15/h5-7,12,15H,8,14H2,1-4H3/t12-/m1/s1. The van der Waals surface area contributed by atoms with E-state index in [1.165, 1.54) is 0 Å². The zero-order chi connectivity index (χ0) is 12.3. The number of benzene rings is 1. The van der Waals surface area contributed by atoms with Crippen molar-refractivity contribution in [3.63, 3.8) is 0 Å². The molecular weight excluding hydrogens is 202 g/mol. The van der Waals surface area contributed by atoms with Crippen LogP contribution < -0.4 is 10.5 Å². The van der Waals surface area contributed by atoms with E-state index in [9.17, 15) is 5.11 Å². The molecule has 0 saturated heterocycles. The average Bonchev–Trinajstić information content (AvgIpc) is 2.27. The van der Waals surface area contributed by atoms with Crippen LogP contribution in [0.2, 0.25) is 0 Å². The number of aliphatic hydroxyl groups excluding tert-OH is 1.